The van der Waals surface area contributed by atoms with Crippen LogP contribution in [0.15, 0.2) is 35.3 Å². The maximum Gasteiger partial charge on any atom is 1.00 e. The monoisotopic (exact) mass is 192 g/mol. The molecule has 0 unspecified atom stereocenters. The maximum atomic E-state index is 5.39. The standard InChI is InChI=1S/C11H9N2O.Li/c1-2-4-10-9(3-1)5-7-13(10)11-12-6-8-14-11;/h1-5H,6,8H2;/q-1;+1. The largest absolute Gasteiger partial charge is 1.00 e. The van der Waals surface area contributed by atoms with E-state index in [0.29, 0.717) is 12.6 Å². The van der Waals surface area contributed by atoms with Gasteiger partial charge in [-0.25, -0.2) is 0 Å². The Balaban J connectivity index is 0.000000853. The maximum absolute atomic E-state index is 5.39. The fourth-order valence-corrected chi connectivity index (χ4v) is 1.63. The molecule has 3 rings (SSSR count). The number of nitrogens with zero attached hydrogens (tertiary/aromatic N) is 2. The van der Waals surface area contributed by atoms with Gasteiger partial charge in [0, 0.05) is 0 Å². The average molecular weight is 192 g/mol. The first kappa shape index (κ1) is 10.3. The molecule has 70 valence electrons. The number of ether oxygens (including phenoxy) is 1. The Morgan fingerprint density at radius 2 is 2.20 bits per heavy atom. The summed E-state index contributed by atoms with van der Waals surface area (Å²) in [4.78, 5) is 4.25. The van der Waals surface area contributed by atoms with Gasteiger partial charge in [-0.2, -0.15) is 0 Å². The van der Waals surface area contributed by atoms with Gasteiger partial charge in [0.15, 0.2) is 0 Å². The predicted octanol–water partition coefficient (Wildman–Crippen LogP) is -1.32. The number of rotatable bonds is 0. The molecule has 3 nitrogen and oxygen atoms in total. The first-order valence-corrected chi connectivity index (χ1v) is 4.61. The van der Waals surface area contributed by atoms with E-state index in [0.717, 1.165) is 17.4 Å². The molecule has 0 fully saturated rings. The second-order valence-corrected chi connectivity index (χ2v) is 3.18. The third kappa shape index (κ3) is 1.69. The molecule has 1 aliphatic heterocycles. The summed E-state index contributed by atoms with van der Waals surface area (Å²) in [6.45, 7) is 1.42. The van der Waals surface area contributed by atoms with Gasteiger partial charge in [0.25, 0.3) is 0 Å². The number of aromatic nitrogens is 1. The topological polar surface area (TPSA) is 26.5 Å². The Morgan fingerprint density at radius 1 is 1.33 bits per heavy atom. The molecule has 0 saturated carbocycles. The number of fused-ring (bicyclic) bond motifs is 1. The minimum Gasteiger partial charge on any atom is -0.506 e. The van der Waals surface area contributed by atoms with E-state index in [4.69, 9.17) is 4.74 Å². The van der Waals surface area contributed by atoms with Gasteiger partial charge in [-0.1, -0.05) is 29.9 Å². The zero-order valence-corrected chi connectivity index (χ0v) is 8.60. The van der Waals surface area contributed by atoms with Gasteiger partial charge >= 0.3 is 18.9 Å². The Labute approximate surface area is 99.9 Å². The molecule has 4 heteroatoms. The van der Waals surface area contributed by atoms with E-state index in [-0.39, 0.29) is 18.9 Å². The SMILES string of the molecule is [Li+].[c-]1cc2ccccc2n1C1=NCCO1. The summed E-state index contributed by atoms with van der Waals surface area (Å²) in [5.74, 6) is 0. The molecule has 0 atom stereocenters. The molecule has 1 aromatic heterocycles. The summed E-state index contributed by atoms with van der Waals surface area (Å²) in [6.07, 6.45) is 3.12. The number of aliphatic imine (C=N–C) groups is 1. The summed E-state index contributed by atoms with van der Waals surface area (Å²) < 4.78 is 7.25. The van der Waals surface area contributed by atoms with Crippen LogP contribution in [-0.2, 0) is 4.74 Å². The molecular formula is C11H9LiN2O. The van der Waals surface area contributed by atoms with Crippen LogP contribution >= 0.6 is 0 Å². The van der Waals surface area contributed by atoms with Gasteiger partial charge in [0.2, 0.25) is 6.02 Å². The third-order valence-corrected chi connectivity index (χ3v) is 2.29. The molecule has 0 aliphatic carbocycles. The van der Waals surface area contributed by atoms with Crippen LogP contribution < -0.4 is 18.9 Å². The molecule has 0 radical (unpaired) electrons. The van der Waals surface area contributed by atoms with Crippen molar-refractivity contribution in [1.82, 2.24) is 4.57 Å². The summed E-state index contributed by atoms with van der Waals surface area (Å²) in [5.41, 5.74) is 1.09. The summed E-state index contributed by atoms with van der Waals surface area (Å²) in [5, 5.41) is 1.16. The minimum atomic E-state index is 0. The number of hydrogen-bond acceptors (Lipinski definition) is 2. The van der Waals surface area contributed by atoms with Crippen molar-refractivity contribution in [3.05, 3.63) is 36.5 Å². The van der Waals surface area contributed by atoms with Crippen LogP contribution in [-0.4, -0.2) is 23.7 Å². The molecule has 0 amide bonds. The second-order valence-electron chi connectivity index (χ2n) is 3.18. The van der Waals surface area contributed by atoms with Crippen LogP contribution in [0.4, 0.5) is 0 Å². The fourth-order valence-electron chi connectivity index (χ4n) is 1.63. The van der Waals surface area contributed by atoms with Gasteiger partial charge in [-0.05, 0) is 0 Å². The van der Waals surface area contributed by atoms with Crippen molar-refractivity contribution in [2.24, 2.45) is 4.99 Å². The van der Waals surface area contributed by atoms with Crippen molar-refractivity contribution in [3.63, 3.8) is 0 Å². The molecule has 0 N–H and O–H groups in total. The minimum absolute atomic E-state index is 0. The van der Waals surface area contributed by atoms with Crippen molar-refractivity contribution < 1.29 is 23.6 Å². The van der Waals surface area contributed by atoms with E-state index in [1.54, 1.807) is 0 Å². The van der Waals surface area contributed by atoms with Crippen molar-refractivity contribution in [1.29, 1.82) is 0 Å². The first-order valence-electron chi connectivity index (χ1n) is 4.61. The fraction of sp³-hybridized carbons (Fsp3) is 0.182. The molecule has 2 aromatic rings. The molecule has 1 aliphatic rings. The Bertz CT molecular complexity index is 504. The number of benzene rings is 1. The average Bonchev–Trinajstić information content (AvgIpc) is 2.85. The predicted molar refractivity (Wildman–Crippen MR) is 54.4 cm³/mol. The van der Waals surface area contributed by atoms with E-state index in [1.807, 2.05) is 28.8 Å². The van der Waals surface area contributed by atoms with Gasteiger partial charge in [0.1, 0.15) is 0 Å². The Kier molecular flexibility index (Phi) is 2.85. The van der Waals surface area contributed by atoms with Crippen LogP contribution in [0.5, 0.6) is 0 Å². The zero-order valence-electron chi connectivity index (χ0n) is 8.60. The van der Waals surface area contributed by atoms with Crippen molar-refractivity contribution in [2.75, 3.05) is 13.2 Å². The van der Waals surface area contributed by atoms with E-state index in [9.17, 15) is 0 Å². The molecule has 0 spiro atoms. The zero-order chi connectivity index (χ0) is 9.38. The van der Waals surface area contributed by atoms with Gasteiger partial charge < -0.3 is 9.30 Å². The van der Waals surface area contributed by atoms with Crippen molar-refractivity contribution in [2.45, 2.75) is 0 Å². The van der Waals surface area contributed by atoms with Crippen LogP contribution in [0.25, 0.3) is 10.9 Å². The second kappa shape index (κ2) is 4.14. The van der Waals surface area contributed by atoms with Gasteiger partial charge in [-0.3, -0.25) is 4.99 Å². The van der Waals surface area contributed by atoms with Crippen LogP contribution in [0, 0.1) is 6.20 Å². The summed E-state index contributed by atoms with van der Waals surface area (Å²) >= 11 is 0. The molecule has 0 saturated heterocycles. The van der Waals surface area contributed by atoms with E-state index in [2.05, 4.69) is 17.3 Å². The van der Waals surface area contributed by atoms with Crippen LogP contribution in [0.1, 0.15) is 0 Å². The van der Waals surface area contributed by atoms with Crippen molar-refractivity contribution >= 4 is 16.9 Å². The van der Waals surface area contributed by atoms with Crippen LogP contribution in [0.2, 0.25) is 0 Å². The quantitative estimate of drug-likeness (QED) is 0.375. The van der Waals surface area contributed by atoms with E-state index < -0.39 is 0 Å². The van der Waals surface area contributed by atoms with Crippen molar-refractivity contribution in [3.8, 4) is 0 Å². The summed E-state index contributed by atoms with van der Waals surface area (Å²) in [6, 6.07) is 10.7. The van der Waals surface area contributed by atoms with E-state index >= 15 is 0 Å². The molecule has 1 aromatic carbocycles. The number of hydrogen-bond donors (Lipinski definition) is 0. The Morgan fingerprint density at radius 3 is 3.00 bits per heavy atom. The van der Waals surface area contributed by atoms with E-state index in [1.165, 1.54) is 0 Å². The van der Waals surface area contributed by atoms with Gasteiger partial charge in [0.05, 0.1) is 13.2 Å². The molecule has 0 bridgehead atoms. The van der Waals surface area contributed by atoms with Gasteiger partial charge in [-0.15, -0.1) is 17.5 Å². The smallest absolute Gasteiger partial charge is 0.506 e. The first-order chi connectivity index (χ1) is 6.95. The normalized spacial score (nSPS) is 14.5. The molecule has 15 heavy (non-hydrogen) atoms. The third-order valence-electron chi connectivity index (χ3n) is 2.29. The molecule has 2 heterocycles. The molecular weight excluding hydrogens is 183 g/mol. The summed E-state index contributed by atoms with van der Waals surface area (Å²) in [7, 11) is 0. The Hall–Kier alpha value is -1.17. The van der Waals surface area contributed by atoms with Crippen LogP contribution in [0.3, 0.4) is 0 Å². The number of para-hydroxylation sites is 1.